The van der Waals surface area contributed by atoms with Crippen molar-refractivity contribution in [1.82, 2.24) is 9.88 Å². The van der Waals surface area contributed by atoms with E-state index in [0.717, 1.165) is 38.2 Å². The molecule has 26 heavy (non-hydrogen) atoms. The molecule has 1 aromatic rings. The molecule has 144 valence electrons. The number of piperidine rings is 1. The maximum atomic E-state index is 11.1. The second-order valence-corrected chi connectivity index (χ2v) is 7.39. The predicted molar refractivity (Wildman–Crippen MR) is 101 cm³/mol. The highest BCUT2D eigenvalue weighted by Gasteiger charge is 2.26. The molecule has 7 heteroatoms. The Hall–Kier alpha value is -2.02. The number of nitrogens with two attached hydrogens (primary N) is 1. The first-order chi connectivity index (χ1) is 12.6. The van der Waals surface area contributed by atoms with Crippen LogP contribution in [0.4, 0.5) is 11.4 Å². The highest BCUT2D eigenvalue weighted by Crippen LogP contribution is 2.29. The van der Waals surface area contributed by atoms with E-state index >= 15 is 0 Å². The average Bonchev–Trinajstić information content (AvgIpc) is 2.65. The molecule has 0 unspecified atom stereocenters. The van der Waals surface area contributed by atoms with Crippen LogP contribution in [0.25, 0.3) is 0 Å². The van der Waals surface area contributed by atoms with Crippen LogP contribution in [0.2, 0.25) is 0 Å². The van der Waals surface area contributed by atoms with Crippen LogP contribution in [-0.4, -0.2) is 53.2 Å². The Balaban J connectivity index is 1.48. The van der Waals surface area contributed by atoms with E-state index in [0.29, 0.717) is 31.0 Å². The number of anilines is 2. The summed E-state index contributed by atoms with van der Waals surface area (Å²) in [7, 11) is 0. The first kappa shape index (κ1) is 18.8. The molecular formula is C19H30N4O3. The van der Waals surface area contributed by atoms with Crippen molar-refractivity contribution in [1.29, 1.82) is 0 Å². The van der Waals surface area contributed by atoms with Crippen molar-refractivity contribution < 1.29 is 14.6 Å². The highest BCUT2D eigenvalue weighted by molar-refractivity contribution is 5.70. The molecule has 0 bridgehead atoms. The molecule has 0 atom stereocenters. The van der Waals surface area contributed by atoms with Gasteiger partial charge in [0.05, 0.1) is 23.5 Å². The number of nitrogen functional groups attached to an aromatic ring is 1. The normalized spacial score (nSPS) is 24.2. The highest BCUT2D eigenvalue weighted by atomic mass is 16.5. The minimum Gasteiger partial charge on any atom is -0.481 e. The van der Waals surface area contributed by atoms with Gasteiger partial charge in [0.1, 0.15) is 6.61 Å². The lowest BCUT2D eigenvalue weighted by Crippen LogP contribution is -2.33. The van der Waals surface area contributed by atoms with E-state index in [1.165, 1.54) is 19.3 Å². The van der Waals surface area contributed by atoms with E-state index in [2.05, 4.69) is 15.2 Å². The largest absolute Gasteiger partial charge is 0.481 e. The third-order valence-electron chi connectivity index (χ3n) is 5.45. The molecule has 0 radical (unpaired) electrons. The van der Waals surface area contributed by atoms with Gasteiger partial charge in [-0.25, -0.2) is 4.98 Å². The molecule has 1 aliphatic heterocycles. The van der Waals surface area contributed by atoms with Gasteiger partial charge >= 0.3 is 5.97 Å². The second-order valence-electron chi connectivity index (χ2n) is 7.39. The van der Waals surface area contributed by atoms with Gasteiger partial charge in [0.15, 0.2) is 0 Å². The SMILES string of the molecule is Nc1cnc(OCCN2CCCCC2)cc1NC1CCC(C(=O)O)CC1. The number of hydrogen-bond acceptors (Lipinski definition) is 6. The Morgan fingerprint density at radius 1 is 1.27 bits per heavy atom. The molecule has 0 aromatic carbocycles. The monoisotopic (exact) mass is 362 g/mol. The first-order valence-electron chi connectivity index (χ1n) is 9.72. The van der Waals surface area contributed by atoms with Gasteiger partial charge in [0.25, 0.3) is 0 Å². The van der Waals surface area contributed by atoms with Crippen molar-refractivity contribution in [2.45, 2.75) is 51.0 Å². The Kier molecular flexibility index (Phi) is 6.55. The zero-order valence-electron chi connectivity index (χ0n) is 15.3. The molecule has 7 nitrogen and oxygen atoms in total. The number of pyridine rings is 1. The van der Waals surface area contributed by atoms with Gasteiger partial charge in [-0.1, -0.05) is 6.42 Å². The van der Waals surface area contributed by atoms with Crippen LogP contribution in [-0.2, 0) is 4.79 Å². The van der Waals surface area contributed by atoms with Gasteiger partial charge in [-0.05, 0) is 51.6 Å². The van der Waals surface area contributed by atoms with Crippen molar-refractivity contribution >= 4 is 17.3 Å². The summed E-state index contributed by atoms with van der Waals surface area (Å²) in [6, 6.07) is 2.10. The van der Waals surface area contributed by atoms with Crippen LogP contribution in [0, 0.1) is 5.92 Å². The van der Waals surface area contributed by atoms with Crippen molar-refractivity contribution in [3.8, 4) is 5.88 Å². The van der Waals surface area contributed by atoms with Crippen LogP contribution in [0.15, 0.2) is 12.3 Å². The number of carboxylic acid groups (broad SMARTS) is 1. The van der Waals surface area contributed by atoms with E-state index in [1.54, 1.807) is 6.20 Å². The summed E-state index contributed by atoms with van der Waals surface area (Å²) in [6.45, 7) is 3.86. The fourth-order valence-corrected chi connectivity index (χ4v) is 3.82. The summed E-state index contributed by atoms with van der Waals surface area (Å²) in [6.07, 6.45) is 8.60. The maximum absolute atomic E-state index is 11.1. The van der Waals surface area contributed by atoms with Gasteiger partial charge in [0, 0.05) is 18.7 Å². The summed E-state index contributed by atoms with van der Waals surface area (Å²) in [4.78, 5) is 17.8. The number of carbonyl (C=O) groups is 1. The predicted octanol–water partition coefficient (Wildman–Crippen LogP) is 2.58. The van der Waals surface area contributed by atoms with E-state index in [-0.39, 0.29) is 12.0 Å². The standard InChI is InChI=1S/C19H30N4O3/c20-16-13-21-18(26-11-10-23-8-2-1-3-9-23)12-17(16)22-15-6-4-14(5-7-15)19(24)25/h12-15H,1-11,20H2,(H,21,22)(H,24,25). The minimum absolute atomic E-state index is 0.212. The molecule has 1 aromatic heterocycles. The van der Waals surface area contributed by atoms with Crippen molar-refractivity contribution in [2.24, 2.45) is 5.92 Å². The molecule has 2 heterocycles. The van der Waals surface area contributed by atoms with Gasteiger partial charge in [-0.15, -0.1) is 0 Å². The van der Waals surface area contributed by atoms with Crippen LogP contribution >= 0.6 is 0 Å². The third kappa shape index (κ3) is 5.24. The third-order valence-corrected chi connectivity index (χ3v) is 5.45. The molecule has 1 aliphatic carbocycles. The van der Waals surface area contributed by atoms with Gasteiger partial charge < -0.3 is 20.9 Å². The molecule has 1 saturated carbocycles. The van der Waals surface area contributed by atoms with Crippen LogP contribution < -0.4 is 15.8 Å². The molecule has 1 saturated heterocycles. The van der Waals surface area contributed by atoms with Crippen LogP contribution in [0.1, 0.15) is 44.9 Å². The van der Waals surface area contributed by atoms with Crippen molar-refractivity contribution in [2.75, 3.05) is 37.3 Å². The quantitative estimate of drug-likeness (QED) is 0.685. The molecule has 4 N–H and O–H groups in total. The Bertz CT molecular complexity index is 596. The number of hydrogen-bond donors (Lipinski definition) is 3. The number of nitrogens with zero attached hydrogens (tertiary/aromatic N) is 2. The molecule has 2 aliphatic rings. The van der Waals surface area contributed by atoms with E-state index < -0.39 is 5.97 Å². The molecule has 2 fully saturated rings. The first-order valence-corrected chi connectivity index (χ1v) is 9.72. The zero-order chi connectivity index (χ0) is 18.4. The lowest BCUT2D eigenvalue weighted by atomic mass is 9.86. The van der Waals surface area contributed by atoms with Crippen LogP contribution in [0.5, 0.6) is 5.88 Å². The van der Waals surface area contributed by atoms with Gasteiger partial charge in [0.2, 0.25) is 5.88 Å². The zero-order valence-corrected chi connectivity index (χ0v) is 15.3. The van der Waals surface area contributed by atoms with Crippen LogP contribution in [0.3, 0.4) is 0 Å². The summed E-state index contributed by atoms with van der Waals surface area (Å²) >= 11 is 0. The van der Waals surface area contributed by atoms with Gasteiger partial charge in [-0.3, -0.25) is 9.69 Å². The molecular weight excluding hydrogens is 332 g/mol. The Labute approximate surface area is 154 Å². The summed E-state index contributed by atoms with van der Waals surface area (Å²) in [5, 5.41) is 12.5. The molecule has 3 rings (SSSR count). The van der Waals surface area contributed by atoms with Crippen molar-refractivity contribution in [3.05, 3.63) is 12.3 Å². The Morgan fingerprint density at radius 2 is 2.00 bits per heavy atom. The summed E-state index contributed by atoms with van der Waals surface area (Å²) in [5.74, 6) is -0.314. The number of nitrogens with one attached hydrogen (secondary N) is 1. The Morgan fingerprint density at radius 3 is 2.69 bits per heavy atom. The van der Waals surface area contributed by atoms with Crippen molar-refractivity contribution in [3.63, 3.8) is 0 Å². The lowest BCUT2D eigenvalue weighted by molar-refractivity contribution is -0.142. The number of ether oxygens (including phenoxy) is 1. The second kappa shape index (κ2) is 9.07. The summed E-state index contributed by atoms with van der Waals surface area (Å²) in [5.41, 5.74) is 7.46. The molecule has 0 spiro atoms. The minimum atomic E-state index is -0.684. The summed E-state index contributed by atoms with van der Waals surface area (Å²) < 4.78 is 5.82. The number of rotatable bonds is 7. The fraction of sp³-hybridized carbons (Fsp3) is 0.684. The van der Waals surface area contributed by atoms with E-state index in [9.17, 15) is 4.79 Å². The lowest BCUT2D eigenvalue weighted by Gasteiger charge is -2.28. The number of carboxylic acids is 1. The smallest absolute Gasteiger partial charge is 0.306 e. The van der Waals surface area contributed by atoms with E-state index in [1.807, 2.05) is 6.07 Å². The number of aliphatic carboxylic acids is 1. The number of likely N-dealkylation sites (tertiary alicyclic amines) is 1. The maximum Gasteiger partial charge on any atom is 0.306 e. The topological polar surface area (TPSA) is 101 Å². The van der Waals surface area contributed by atoms with Gasteiger partial charge in [-0.2, -0.15) is 0 Å². The fourth-order valence-electron chi connectivity index (χ4n) is 3.82. The average molecular weight is 362 g/mol. The number of aromatic nitrogens is 1. The molecule has 0 amide bonds. The van der Waals surface area contributed by atoms with E-state index in [4.69, 9.17) is 15.6 Å².